The highest BCUT2D eigenvalue weighted by Gasteiger charge is 2.15. The number of anilines is 1. The van der Waals surface area contributed by atoms with Crippen LogP contribution >= 0.6 is 11.8 Å². The molecule has 0 aliphatic carbocycles. The molecule has 2 rings (SSSR count). The molecule has 0 bridgehead atoms. The van der Waals surface area contributed by atoms with Crippen molar-refractivity contribution in [3.63, 3.8) is 0 Å². The van der Waals surface area contributed by atoms with Crippen LogP contribution in [-0.2, 0) is 19.1 Å². The first-order valence-electron chi connectivity index (χ1n) is 9.95. The van der Waals surface area contributed by atoms with E-state index in [1.807, 2.05) is 24.3 Å². The van der Waals surface area contributed by atoms with Gasteiger partial charge in [-0.15, -0.1) is 11.8 Å². The van der Waals surface area contributed by atoms with Crippen molar-refractivity contribution < 1.29 is 23.9 Å². The fourth-order valence-corrected chi connectivity index (χ4v) is 3.48. The SMILES string of the molecule is COCCNC(=O)CSc1ccccc1C(=O)OCC(=O)Nc1ccc(C(C)C)cc1. The lowest BCUT2D eigenvalue weighted by Gasteiger charge is -2.11. The van der Waals surface area contributed by atoms with Gasteiger partial charge in [-0.05, 0) is 35.7 Å². The predicted molar refractivity (Wildman–Crippen MR) is 121 cm³/mol. The Morgan fingerprint density at radius 1 is 1.00 bits per heavy atom. The molecule has 0 unspecified atom stereocenters. The maximum Gasteiger partial charge on any atom is 0.339 e. The molecule has 0 atom stereocenters. The van der Waals surface area contributed by atoms with Crippen LogP contribution in [0.2, 0.25) is 0 Å². The molecule has 2 amide bonds. The largest absolute Gasteiger partial charge is 0.452 e. The number of thioether (sulfide) groups is 1. The van der Waals surface area contributed by atoms with E-state index in [1.54, 1.807) is 31.4 Å². The molecule has 0 fully saturated rings. The lowest BCUT2D eigenvalue weighted by Crippen LogP contribution is -2.28. The number of amides is 2. The Morgan fingerprint density at radius 2 is 1.71 bits per heavy atom. The van der Waals surface area contributed by atoms with Gasteiger partial charge in [0.2, 0.25) is 5.91 Å². The van der Waals surface area contributed by atoms with Crippen LogP contribution < -0.4 is 10.6 Å². The van der Waals surface area contributed by atoms with Crippen LogP contribution in [0.3, 0.4) is 0 Å². The Morgan fingerprint density at radius 3 is 2.39 bits per heavy atom. The minimum atomic E-state index is -0.617. The molecule has 0 heterocycles. The van der Waals surface area contributed by atoms with Gasteiger partial charge in [-0.3, -0.25) is 9.59 Å². The van der Waals surface area contributed by atoms with Gasteiger partial charge in [0.1, 0.15) is 0 Å². The van der Waals surface area contributed by atoms with Crippen molar-refractivity contribution in [2.24, 2.45) is 0 Å². The van der Waals surface area contributed by atoms with E-state index in [9.17, 15) is 14.4 Å². The molecule has 2 aromatic carbocycles. The molecule has 0 aliphatic rings. The number of hydrogen-bond acceptors (Lipinski definition) is 6. The average molecular weight is 445 g/mol. The molecular weight excluding hydrogens is 416 g/mol. The standard InChI is InChI=1S/C23H28N2O5S/c1-16(2)17-8-10-18(11-9-17)25-21(26)14-30-23(28)19-6-4-5-7-20(19)31-15-22(27)24-12-13-29-3/h4-11,16H,12-15H2,1-3H3,(H,24,27)(H,25,26). The summed E-state index contributed by atoms with van der Waals surface area (Å²) >= 11 is 1.23. The van der Waals surface area contributed by atoms with E-state index in [0.717, 1.165) is 0 Å². The molecule has 0 aromatic heterocycles. The van der Waals surface area contributed by atoms with Crippen LogP contribution in [0, 0.1) is 0 Å². The number of benzene rings is 2. The quantitative estimate of drug-likeness (QED) is 0.313. The molecular formula is C23H28N2O5S. The van der Waals surface area contributed by atoms with Crippen molar-refractivity contribution in [3.8, 4) is 0 Å². The summed E-state index contributed by atoms with van der Waals surface area (Å²) in [5.74, 6) is -0.643. The van der Waals surface area contributed by atoms with Crippen molar-refractivity contribution in [3.05, 3.63) is 59.7 Å². The molecule has 2 aromatic rings. The molecule has 8 heteroatoms. The maximum atomic E-state index is 12.5. The van der Waals surface area contributed by atoms with Crippen molar-refractivity contribution in [1.82, 2.24) is 5.32 Å². The minimum absolute atomic E-state index is 0.154. The Balaban J connectivity index is 1.86. The van der Waals surface area contributed by atoms with Gasteiger partial charge in [-0.1, -0.05) is 38.1 Å². The summed E-state index contributed by atoms with van der Waals surface area (Å²) in [5.41, 5.74) is 2.12. The average Bonchev–Trinajstić information content (AvgIpc) is 2.77. The number of carbonyl (C=O) groups is 3. The van der Waals surface area contributed by atoms with Gasteiger partial charge in [0.15, 0.2) is 6.61 Å². The first-order valence-corrected chi connectivity index (χ1v) is 10.9. The Bertz CT molecular complexity index is 884. The highest BCUT2D eigenvalue weighted by atomic mass is 32.2. The van der Waals surface area contributed by atoms with Crippen molar-refractivity contribution in [1.29, 1.82) is 0 Å². The molecule has 2 N–H and O–H groups in total. The Labute approximate surface area is 186 Å². The summed E-state index contributed by atoms with van der Waals surface area (Å²) in [4.78, 5) is 37.1. The van der Waals surface area contributed by atoms with Gasteiger partial charge < -0.3 is 20.1 Å². The van der Waals surface area contributed by atoms with Gasteiger partial charge in [0.05, 0.1) is 17.9 Å². The van der Waals surface area contributed by atoms with Gasteiger partial charge >= 0.3 is 5.97 Å². The van der Waals surface area contributed by atoms with E-state index in [2.05, 4.69) is 24.5 Å². The highest BCUT2D eigenvalue weighted by molar-refractivity contribution is 8.00. The monoisotopic (exact) mass is 444 g/mol. The second kappa shape index (κ2) is 12.8. The topological polar surface area (TPSA) is 93.7 Å². The molecule has 7 nitrogen and oxygen atoms in total. The van der Waals surface area contributed by atoms with E-state index < -0.39 is 18.5 Å². The van der Waals surface area contributed by atoms with Gasteiger partial charge in [-0.25, -0.2) is 4.79 Å². The summed E-state index contributed by atoms with van der Waals surface area (Å²) in [7, 11) is 1.56. The molecule has 166 valence electrons. The van der Waals surface area contributed by atoms with Crippen molar-refractivity contribution in [2.75, 3.05) is 37.9 Å². The normalized spacial score (nSPS) is 10.6. The molecule has 0 saturated carbocycles. The molecule has 0 radical (unpaired) electrons. The summed E-state index contributed by atoms with van der Waals surface area (Å²) < 4.78 is 10.1. The van der Waals surface area contributed by atoms with Gasteiger partial charge in [-0.2, -0.15) is 0 Å². The van der Waals surface area contributed by atoms with Crippen molar-refractivity contribution >= 4 is 35.2 Å². The number of esters is 1. The number of nitrogens with one attached hydrogen (secondary N) is 2. The minimum Gasteiger partial charge on any atom is -0.452 e. The van der Waals surface area contributed by atoms with E-state index in [0.29, 0.717) is 35.2 Å². The van der Waals surface area contributed by atoms with E-state index in [4.69, 9.17) is 9.47 Å². The van der Waals surface area contributed by atoms with Crippen LogP contribution in [0.15, 0.2) is 53.4 Å². The second-order valence-electron chi connectivity index (χ2n) is 7.03. The van der Waals surface area contributed by atoms with Gasteiger partial charge in [0, 0.05) is 24.2 Å². The Hall–Kier alpha value is -2.84. The first kappa shape index (κ1) is 24.4. The van der Waals surface area contributed by atoms with Crippen LogP contribution in [0.25, 0.3) is 0 Å². The number of carbonyl (C=O) groups excluding carboxylic acids is 3. The fraction of sp³-hybridized carbons (Fsp3) is 0.348. The number of ether oxygens (including phenoxy) is 2. The Kier molecular flexibility index (Phi) is 10.1. The molecule has 0 spiro atoms. The number of rotatable bonds is 11. The first-order chi connectivity index (χ1) is 14.9. The van der Waals surface area contributed by atoms with E-state index >= 15 is 0 Å². The van der Waals surface area contributed by atoms with Crippen LogP contribution in [0.4, 0.5) is 5.69 Å². The van der Waals surface area contributed by atoms with E-state index in [1.165, 1.54) is 17.3 Å². The summed E-state index contributed by atoms with van der Waals surface area (Å²) in [5, 5.41) is 5.43. The third kappa shape index (κ3) is 8.43. The number of hydrogen-bond donors (Lipinski definition) is 2. The summed E-state index contributed by atoms with van der Waals surface area (Å²) in [6, 6.07) is 14.4. The van der Waals surface area contributed by atoms with Crippen LogP contribution in [-0.4, -0.2) is 50.4 Å². The zero-order valence-electron chi connectivity index (χ0n) is 18.0. The summed E-state index contributed by atoms with van der Waals surface area (Å²) in [6.07, 6.45) is 0. The molecule has 31 heavy (non-hydrogen) atoms. The number of methoxy groups -OCH3 is 1. The predicted octanol–water partition coefficient (Wildman–Crippen LogP) is 3.46. The fourth-order valence-electron chi connectivity index (χ4n) is 2.61. The lowest BCUT2D eigenvalue weighted by atomic mass is 10.0. The summed E-state index contributed by atoms with van der Waals surface area (Å²) in [6.45, 7) is 4.65. The van der Waals surface area contributed by atoms with Crippen LogP contribution in [0.1, 0.15) is 35.7 Å². The highest BCUT2D eigenvalue weighted by Crippen LogP contribution is 2.23. The third-order valence-electron chi connectivity index (χ3n) is 4.29. The zero-order chi connectivity index (χ0) is 22.6. The van der Waals surface area contributed by atoms with Crippen LogP contribution in [0.5, 0.6) is 0 Å². The smallest absolute Gasteiger partial charge is 0.339 e. The van der Waals surface area contributed by atoms with E-state index in [-0.39, 0.29) is 11.7 Å². The third-order valence-corrected chi connectivity index (χ3v) is 5.36. The zero-order valence-corrected chi connectivity index (χ0v) is 18.8. The second-order valence-corrected chi connectivity index (χ2v) is 8.05. The maximum absolute atomic E-state index is 12.5. The lowest BCUT2D eigenvalue weighted by molar-refractivity contribution is -0.119. The van der Waals surface area contributed by atoms with Gasteiger partial charge in [0.25, 0.3) is 5.91 Å². The van der Waals surface area contributed by atoms with Crippen molar-refractivity contribution in [2.45, 2.75) is 24.7 Å². The molecule has 0 aliphatic heterocycles. The molecule has 0 saturated heterocycles.